The monoisotopic (exact) mass is 334 g/mol. The average molecular weight is 334 g/mol. The number of thiophene rings is 1. The smallest absolute Gasteiger partial charge is 0.350 e. The Morgan fingerprint density at radius 2 is 1.90 bits per heavy atom. The van der Waals surface area contributed by atoms with Gasteiger partial charge >= 0.3 is 5.97 Å². The van der Waals surface area contributed by atoms with Gasteiger partial charge < -0.3 is 15.8 Å². The first-order chi connectivity index (χ1) is 9.76. The van der Waals surface area contributed by atoms with Gasteiger partial charge in [0.2, 0.25) is 0 Å². The zero-order valence-corrected chi connectivity index (χ0v) is 14.4. The van der Waals surface area contributed by atoms with Crippen molar-refractivity contribution in [2.75, 3.05) is 23.9 Å². The normalized spacial score (nSPS) is 11.7. The van der Waals surface area contributed by atoms with E-state index in [2.05, 4.69) is 5.32 Å². The lowest BCUT2D eigenvalue weighted by Crippen LogP contribution is -2.17. The van der Waals surface area contributed by atoms with Gasteiger partial charge in [0, 0.05) is 12.3 Å². The van der Waals surface area contributed by atoms with Crippen molar-refractivity contribution in [3.63, 3.8) is 0 Å². The van der Waals surface area contributed by atoms with E-state index in [1.807, 2.05) is 13.8 Å². The minimum Gasteiger partial charge on any atom is -0.462 e. The second kappa shape index (κ2) is 7.13. The minimum absolute atomic E-state index is 0.0116. The third-order valence-electron chi connectivity index (χ3n) is 3.05. The summed E-state index contributed by atoms with van der Waals surface area (Å²) in [6.07, 6.45) is 2.76. The number of carbonyl (C=O) groups excluding carboxylic acids is 1. The van der Waals surface area contributed by atoms with Crippen LogP contribution in [-0.2, 0) is 14.6 Å². The zero-order valence-electron chi connectivity index (χ0n) is 12.7. The molecule has 1 heterocycles. The molecule has 6 nitrogen and oxygen atoms in total. The Bertz CT molecular complexity index is 604. The molecule has 0 unspecified atom stereocenters. The van der Waals surface area contributed by atoms with Gasteiger partial charge in [-0.05, 0) is 19.8 Å². The molecular weight excluding hydrogens is 312 g/mol. The molecule has 0 bridgehead atoms. The fourth-order valence-corrected chi connectivity index (χ4v) is 4.45. The molecule has 1 aromatic rings. The van der Waals surface area contributed by atoms with E-state index >= 15 is 0 Å². The van der Waals surface area contributed by atoms with Crippen LogP contribution >= 0.6 is 11.3 Å². The number of hydrogen-bond acceptors (Lipinski definition) is 7. The van der Waals surface area contributed by atoms with Crippen molar-refractivity contribution in [3.05, 3.63) is 4.88 Å². The molecule has 0 atom stereocenters. The number of nitrogens with two attached hydrogens (primary N) is 1. The Morgan fingerprint density at radius 3 is 2.33 bits per heavy atom. The number of esters is 1. The highest BCUT2D eigenvalue weighted by Gasteiger charge is 2.28. The maximum Gasteiger partial charge on any atom is 0.350 e. The average Bonchev–Trinajstić information content (AvgIpc) is 2.72. The van der Waals surface area contributed by atoms with E-state index in [1.54, 1.807) is 6.92 Å². The van der Waals surface area contributed by atoms with E-state index in [0.29, 0.717) is 5.00 Å². The third kappa shape index (κ3) is 4.10. The Hall–Kier alpha value is -1.28. The van der Waals surface area contributed by atoms with Crippen LogP contribution in [0.1, 0.15) is 43.3 Å². The lowest BCUT2D eigenvalue weighted by Gasteiger charge is -2.15. The summed E-state index contributed by atoms with van der Waals surface area (Å²) in [5.74, 6) is -0.595. The molecule has 0 saturated heterocycles. The van der Waals surface area contributed by atoms with Crippen LogP contribution in [0.3, 0.4) is 0 Å². The molecule has 0 aliphatic carbocycles. The summed E-state index contributed by atoms with van der Waals surface area (Å²) in [4.78, 5) is 12.0. The third-order valence-corrected chi connectivity index (χ3v) is 5.46. The van der Waals surface area contributed by atoms with Gasteiger partial charge in [0.25, 0.3) is 0 Å². The minimum atomic E-state index is -3.54. The van der Waals surface area contributed by atoms with Crippen molar-refractivity contribution < 1.29 is 17.9 Å². The highest BCUT2D eigenvalue weighted by molar-refractivity contribution is 7.91. The fraction of sp³-hybridized carbons (Fsp3) is 0.615. The van der Waals surface area contributed by atoms with Crippen LogP contribution in [0.5, 0.6) is 0 Å². The van der Waals surface area contributed by atoms with E-state index in [0.717, 1.165) is 30.4 Å². The zero-order chi connectivity index (χ0) is 16.2. The molecule has 0 spiro atoms. The van der Waals surface area contributed by atoms with Gasteiger partial charge in [-0.2, -0.15) is 0 Å². The summed E-state index contributed by atoms with van der Waals surface area (Å²) in [6.45, 7) is 5.90. The molecule has 120 valence electrons. The number of sulfone groups is 1. The van der Waals surface area contributed by atoms with Gasteiger partial charge in [-0.1, -0.05) is 13.8 Å². The first-order valence-corrected chi connectivity index (χ1v) is 9.52. The Kier molecular flexibility index (Phi) is 6.03. The maximum absolute atomic E-state index is 12.0. The van der Waals surface area contributed by atoms with Crippen molar-refractivity contribution in [1.29, 1.82) is 0 Å². The molecule has 8 heteroatoms. The van der Waals surface area contributed by atoms with Gasteiger partial charge in [0.15, 0.2) is 9.84 Å². The first-order valence-electron chi connectivity index (χ1n) is 6.82. The number of anilines is 2. The topological polar surface area (TPSA) is 98.5 Å². The molecule has 0 fully saturated rings. The molecule has 0 amide bonds. The van der Waals surface area contributed by atoms with Gasteiger partial charge in [-0.25, -0.2) is 13.2 Å². The maximum atomic E-state index is 12.0. The number of nitrogens with one attached hydrogen (secondary N) is 1. The van der Waals surface area contributed by atoms with Crippen LogP contribution < -0.4 is 11.1 Å². The van der Waals surface area contributed by atoms with Crippen LogP contribution in [0.2, 0.25) is 0 Å². The second-order valence-corrected chi connectivity index (χ2v) is 7.63. The van der Waals surface area contributed by atoms with Gasteiger partial charge in [-0.3, -0.25) is 0 Å². The molecule has 0 radical (unpaired) electrons. The molecule has 3 N–H and O–H groups in total. The molecule has 21 heavy (non-hydrogen) atoms. The number of carbonyl (C=O) groups is 1. The van der Waals surface area contributed by atoms with E-state index in [4.69, 9.17) is 10.5 Å². The Morgan fingerprint density at radius 1 is 1.33 bits per heavy atom. The van der Waals surface area contributed by atoms with Crippen molar-refractivity contribution in [2.24, 2.45) is 0 Å². The largest absolute Gasteiger partial charge is 0.462 e. The van der Waals surface area contributed by atoms with Crippen molar-refractivity contribution in [3.8, 4) is 0 Å². The van der Waals surface area contributed by atoms with E-state index in [9.17, 15) is 13.2 Å². The van der Waals surface area contributed by atoms with Crippen LogP contribution in [0.15, 0.2) is 4.90 Å². The van der Waals surface area contributed by atoms with Gasteiger partial charge in [0.05, 0.1) is 12.3 Å². The van der Waals surface area contributed by atoms with Crippen LogP contribution in [-0.4, -0.2) is 33.3 Å². The van der Waals surface area contributed by atoms with Gasteiger partial charge in [-0.15, -0.1) is 11.3 Å². The molecular formula is C13H22N2O4S2. The van der Waals surface area contributed by atoms with E-state index < -0.39 is 15.8 Å². The molecule has 1 rings (SSSR count). The summed E-state index contributed by atoms with van der Waals surface area (Å²) in [7, 11) is -3.54. The molecule has 0 saturated carbocycles. The number of hydrogen-bond donors (Lipinski definition) is 2. The summed E-state index contributed by atoms with van der Waals surface area (Å²) < 4.78 is 28.8. The summed E-state index contributed by atoms with van der Waals surface area (Å²) >= 11 is 1.03. The molecule has 0 aromatic carbocycles. The van der Waals surface area contributed by atoms with Crippen molar-refractivity contribution in [2.45, 2.75) is 44.6 Å². The van der Waals surface area contributed by atoms with Crippen LogP contribution in [0, 0.1) is 0 Å². The summed E-state index contributed by atoms with van der Waals surface area (Å²) in [6, 6.07) is 0.124. The van der Waals surface area contributed by atoms with Crippen molar-refractivity contribution >= 4 is 37.8 Å². The number of nitrogen functional groups attached to an aromatic ring is 1. The molecule has 0 aliphatic rings. The standard InChI is InChI=1S/C13H22N2O4S2/c1-5-8(6-2)15-12-11(21(4,17)18)9(14)10(20-12)13(16)19-7-3/h8,15H,5-7,14H2,1-4H3. The predicted octanol–water partition coefficient (Wildman–Crippen LogP) is 2.51. The molecule has 0 aliphatic heterocycles. The van der Waals surface area contributed by atoms with E-state index in [-0.39, 0.29) is 28.1 Å². The van der Waals surface area contributed by atoms with Crippen LogP contribution in [0.25, 0.3) is 0 Å². The number of ether oxygens (including phenoxy) is 1. The number of rotatable bonds is 7. The SMILES string of the molecule is CCOC(=O)c1sc(NC(CC)CC)c(S(C)(=O)=O)c1N. The Balaban J connectivity index is 3.35. The summed E-state index contributed by atoms with van der Waals surface area (Å²) in [5.41, 5.74) is 5.84. The quantitative estimate of drug-likeness (QED) is 0.743. The lowest BCUT2D eigenvalue weighted by molar-refractivity contribution is 0.0533. The highest BCUT2D eigenvalue weighted by Crippen LogP contribution is 2.40. The van der Waals surface area contributed by atoms with Crippen molar-refractivity contribution in [1.82, 2.24) is 0 Å². The predicted molar refractivity (Wildman–Crippen MR) is 85.8 cm³/mol. The fourth-order valence-electron chi connectivity index (χ4n) is 1.92. The van der Waals surface area contributed by atoms with E-state index in [1.165, 1.54) is 0 Å². The highest BCUT2D eigenvalue weighted by atomic mass is 32.2. The summed E-state index contributed by atoms with van der Waals surface area (Å²) in [5, 5.41) is 3.57. The molecule has 1 aromatic heterocycles. The van der Waals surface area contributed by atoms with Gasteiger partial charge in [0.1, 0.15) is 14.8 Å². The van der Waals surface area contributed by atoms with Crippen LogP contribution in [0.4, 0.5) is 10.7 Å². The lowest BCUT2D eigenvalue weighted by atomic mass is 10.2. The Labute approximate surface area is 129 Å². The second-order valence-electron chi connectivity index (χ2n) is 4.65. The first kappa shape index (κ1) is 17.8.